The van der Waals surface area contributed by atoms with Gasteiger partial charge >= 0.3 is 0 Å². The molecular weight excluding hydrogens is 370 g/mol. The number of rotatable bonds is 6. The molecule has 0 aliphatic heterocycles. The van der Waals surface area contributed by atoms with Crippen molar-refractivity contribution in [3.63, 3.8) is 0 Å². The van der Waals surface area contributed by atoms with E-state index in [0.717, 1.165) is 16.3 Å². The van der Waals surface area contributed by atoms with Gasteiger partial charge in [-0.05, 0) is 29.3 Å². The Morgan fingerprint density at radius 2 is 1.79 bits per heavy atom. The number of amides is 1. The van der Waals surface area contributed by atoms with Gasteiger partial charge in [-0.1, -0.05) is 36.4 Å². The number of nitrogens with zero attached hydrogens (tertiary/aromatic N) is 2. The van der Waals surface area contributed by atoms with Crippen LogP contribution in [0.3, 0.4) is 0 Å². The van der Waals surface area contributed by atoms with Crippen LogP contribution in [0.25, 0.3) is 10.8 Å². The lowest BCUT2D eigenvalue weighted by Crippen LogP contribution is -2.27. The van der Waals surface area contributed by atoms with Gasteiger partial charge in [-0.25, -0.2) is 0 Å². The molecule has 0 radical (unpaired) electrons. The van der Waals surface area contributed by atoms with Crippen LogP contribution in [-0.2, 0) is 0 Å². The summed E-state index contributed by atoms with van der Waals surface area (Å²) in [6, 6.07) is 16.4. The van der Waals surface area contributed by atoms with E-state index >= 15 is 0 Å². The largest absolute Gasteiger partial charge is 0.496 e. The maximum absolute atomic E-state index is 12.9. The third-order valence-electron chi connectivity index (χ3n) is 4.84. The van der Waals surface area contributed by atoms with Gasteiger partial charge in [0.05, 0.1) is 23.6 Å². The molecule has 29 heavy (non-hydrogen) atoms. The standard InChI is InChI=1S/C22H23N3O4/c1-14(16-10-9-15-7-5-6-8-17(15)11-16)23-22(26)18-12-20(25(27)28)19(24(2)3)13-21(18)29-4/h5-14H,1-4H3,(H,23,26)/t14-/m0/s1. The van der Waals surface area contributed by atoms with Crippen LogP contribution in [0.1, 0.15) is 28.9 Å². The highest BCUT2D eigenvalue weighted by Crippen LogP contribution is 2.34. The maximum atomic E-state index is 12.9. The molecule has 7 nitrogen and oxygen atoms in total. The first-order valence-electron chi connectivity index (χ1n) is 9.15. The van der Waals surface area contributed by atoms with E-state index in [1.54, 1.807) is 19.0 Å². The first-order chi connectivity index (χ1) is 13.8. The summed E-state index contributed by atoms with van der Waals surface area (Å²) in [5.74, 6) is -0.154. The second-order valence-electron chi connectivity index (χ2n) is 6.99. The molecule has 0 aromatic heterocycles. The number of hydrogen-bond acceptors (Lipinski definition) is 5. The van der Waals surface area contributed by atoms with Crippen LogP contribution in [0, 0.1) is 10.1 Å². The Kier molecular flexibility index (Phi) is 5.68. The van der Waals surface area contributed by atoms with Gasteiger partial charge in [0, 0.05) is 26.2 Å². The van der Waals surface area contributed by atoms with Gasteiger partial charge in [0.2, 0.25) is 0 Å². The van der Waals surface area contributed by atoms with Gasteiger partial charge in [0.15, 0.2) is 0 Å². The molecule has 0 heterocycles. The number of nitro benzene ring substituents is 1. The zero-order valence-corrected chi connectivity index (χ0v) is 16.8. The topological polar surface area (TPSA) is 84.7 Å². The molecule has 1 amide bonds. The van der Waals surface area contributed by atoms with Crippen LogP contribution in [0.15, 0.2) is 54.6 Å². The van der Waals surface area contributed by atoms with Crippen molar-refractivity contribution in [2.24, 2.45) is 0 Å². The van der Waals surface area contributed by atoms with Crippen molar-refractivity contribution in [3.05, 3.63) is 75.8 Å². The average Bonchev–Trinajstić information content (AvgIpc) is 2.71. The molecule has 0 bridgehead atoms. The number of ether oxygens (including phenoxy) is 1. The van der Waals surface area contributed by atoms with Gasteiger partial charge in [-0.2, -0.15) is 0 Å². The summed E-state index contributed by atoms with van der Waals surface area (Å²) in [5, 5.41) is 16.6. The number of fused-ring (bicyclic) bond motifs is 1. The normalized spacial score (nSPS) is 11.7. The van der Waals surface area contributed by atoms with Crippen molar-refractivity contribution in [3.8, 4) is 5.75 Å². The zero-order valence-electron chi connectivity index (χ0n) is 16.8. The summed E-state index contributed by atoms with van der Waals surface area (Å²) < 4.78 is 5.33. The van der Waals surface area contributed by atoms with Gasteiger partial charge in [0.1, 0.15) is 11.4 Å². The fraction of sp³-hybridized carbons (Fsp3) is 0.227. The Balaban J connectivity index is 1.92. The summed E-state index contributed by atoms with van der Waals surface area (Å²) in [6.07, 6.45) is 0. The van der Waals surface area contributed by atoms with E-state index in [1.807, 2.05) is 49.4 Å². The number of nitrogens with one attached hydrogen (secondary N) is 1. The molecule has 0 saturated heterocycles. The molecule has 1 N–H and O–H groups in total. The van der Waals surface area contributed by atoms with Crippen LogP contribution in [0.5, 0.6) is 5.75 Å². The predicted octanol–water partition coefficient (Wildman–Crippen LogP) is 4.31. The van der Waals surface area contributed by atoms with Crippen LogP contribution in [-0.4, -0.2) is 32.0 Å². The van der Waals surface area contributed by atoms with E-state index in [-0.39, 0.29) is 23.0 Å². The van der Waals surface area contributed by atoms with E-state index in [9.17, 15) is 14.9 Å². The maximum Gasteiger partial charge on any atom is 0.293 e. The predicted molar refractivity (Wildman–Crippen MR) is 114 cm³/mol. The monoisotopic (exact) mass is 393 g/mol. The Morgan fingerprint density at radius 1 is 1.10 bits per heavy atom. The molecule has 0 fully saturated rings. The number of hydrogen-bond donors (Lipinski definition) is 1. The van der Waals surface area contributed by atoms with Crippen LogP contribution in [0.2, 0.25) is 0 Å². The summed E-state index contributed by atoms with van der Waals surface area (Å²) >= 11 is 0. The molecule has 0 aliphatic carbocycles. The third-order valence-corrected chi connectivity index (χ3v) is 4.84. The van der Waals surface area contributed by atoms with Gasteiger partial charge in [-0.3, -0.25) is 14.9 Å². The Labute approximate surface area is 169 Å². The Bertz CT molecular complexity index is 1080. The van der Waals surface area contributed by atoms with Gasteiger partial charge in [-0.15, -0.1) is 0 Å². The summed E-state index contributed by atoms with van der Waals surface area (Å²) in [6.45, 7) is 1.87. The number of methoxy groups -OCH3 is 1. The molecular formula is C22H23N3O4. The number of nitro groups is 1. The minimum atomic E-state index is -0.502. The molecule has 0 aliphatic rings. The molecule has 150 valence electrons. The van der Waals surface area contributed by atoms with Crippen molar-refractivity contribution in [1.29, 1.82) is 0 Å². The van der Waals surface area contributed by atoms with Gasteiger partial charge < -0.3 is 15.0 Å². The van der Waals surface area contributed by atoms with Crippen molar-refractivity contribution >= 4 is 28.1 Å². The lowest BCUT2D eigenvalue weighted by molar-refractivity contribution is -0.384. The fourth-order valence-corrected chi connectivity index (χ4v) is 3.24. The fourth-order valence-electron chi connectivity index (χ4n) is 3.24. The average molecular weight is 393 g/mol. The first kappa shape index (κ1) is 20.1. The minimum absolute atomic E-state index is 0.123. The molecule has 7 heteroatoms. The first-order valence-corrected chi connectivity index (χ1v) is 9.15. The lowest BCUT2D eigenvalue weighted by Gasteiger charge is -2.18. The van der Waals surface area contributed by atoms with Crippen molar-refractivity contribution in [2.45, 2.75) is 13.0 Å². The smallest absolute Gasteiger partial charge is 0.293 e. The molecule has 0 unspecified atom stereocenters. The van der Waals surface area contributed by atoms with Crippen molar-refractivity contribution in [2.75, 3.05) is 26.1 Å². The molecule has 3 aromatic carbocycles. The highest BCUT2D eigenvalue weighted by atomic mass is 16.6. The van der Waals surface area contributed by atoms with E-state index in [2.05, 4.69) is 5.32 Å². The number of carbonyl (C=O) groups is 1. The number of carbonyl (C=O) groups excluding carboxylic acids is 1. The van der Waals surface area contributed by atoms with E-state index < -0.39 is 10.8 Å². The van der Waals surface area contributed by atoms with E-state index in [4.69, 9.17) is 4.74 Å². The van der Waals surface area contributed by atoms with Crippen molar-refractivity contribution < 1.29 is 14.5 Å². The highest BCUT2D eigenvalue weighted by Gasteiger charge is 2.24. The van der Waals surface area contributed by atoms with Crippen LogP contribution in [0.4, 0.5) is 11.4 Å². The summed E-state index contributed by atoms with van der Waals surface area (Å²) in [5.41, 5.74) is 1.28. The molecule has 1 atom stereocenters. The molecule has 0 spiro atoms. The second kappa shape index (κ2) is 8.18. The van der Waals surface area contributed by atoms with E-state index in [0.29, 0.717) is 5.69 Å². The van der Waals surface area contributed by atoms with Crippen molar-refractivity contribution in [1.82, 2.24) is 5.32 Å². The minimum Gasteiger partial charge on any atom is -0.496 e. The Hall–Kier alpha value is -3.61. The molecule has 3 aromatic rings. The number of anilines is 1. The highest BCUT2D eigenvalue weighted by molar-refractivity contribution is 5.99. The SMILES string of the molecule is COc1cc(N(C)C)c([N+](=O)[O-])cc1C(=O)N[C@@H](C)c1ccc2ccccc2c1. The molecule has 0 saturated carbocycles. The second-order valence-corrected chi connectivity index (χ2v) is 6.99. The summed E-state index contributed by atoms with van der Waals surface area (Å²) in [7, 11) is 4.83. The van der Waals surface area contributed by atoms with Crippen LogP contribution < -0.4 is 15.0 Å². The van der Waals surface area contributed by atoms with Gasteiger partial charge in [0.25, 0.3) is 11.6 Å². The molecule has 3 rings (SSSR count). The summed E-state index contributed by atoms with van der Waals surface area (Å²) in [4.78, 5) is 25.5. The lowest BCUT2D eigenvalue weighted by atomic mass is 10.0. The van der Waals surface area contributed by atoms with E-state index in [1.165, 1.54) is 19.2 Å². The number of benzene rings is 3. The zero-order chi connectivity index (χ0) is 21.1. The quantitative estimate of drug-likeness (QED) is 0.498. The third kappa shape index (κ3) is 4.13. The van der Waals surface area contributed by atoms with Crippen LogP contribution >= 0.6 is 0 Å². The Morgan fingerprint density at radius 3 is 2.41 bits per heavy atom.